The summed E-state index contributed by atoms with van der Waals surface area (Å²) in [6, 6.07) is 0. The van der Waals surface area contributed by atoms with E-state index in [2.05, 4.69) is 62.2 Å². The van der Waals surface area contributed by atoms with E-state index in [4.69, 9.17) is 0 Å². The Morgan fingerprint density at radius 1 is 0.380 bits per heavy atom. The predicted molar refractivity (Wildman–Crippen MR) is 222 cm³/mol. The summed E-state index contributed by atoms with van der Waals surface area (Å²) in [6.45, 7) is 14.9. The number of carbonyl (C=O) groups excluding carboxylic acids is 2. The zero-order valence-electron chi connectivity index (χ0n) is 35.2. The molecule has 0 aromatic rings. The third-order valence-electron chi connectivity index (χ3n) is 9.99. The molecule has 0 saturated heterocycles. The molecular weight excluding hydrogens is 617 g/mol. The van der Waals surface area contributed by atoms with Gasteiger partial charge in [0, 0.05) is 25.9 Å². The second-order valence-electron chi connectivity index (χ2n) is 15.2. The summed E-state index contributed by atoms with van der Waals surface area (Å²) in [4.78, 5) is 28.0. The topological polar surface area (TPSA) is 64.7 Å². The molecule has 300 valence electrons. The number of hydrogen-bond donors (Lipinski definition) is 2. The molecule has 0 atom stereocenters. The summed E-state index contributed by atoms with van der Waals surface area (Å²) in [6.07, 6.45) is 38.7. The molecule has 0 heterocycles. The highest BCUT2D eigenvalue weighted by Crippen LogP contribution is 2.14. The number of nitrogens with zero attached hydrogens (tertiary/aromatic N) is 2. The molecule has 0 aliphatic carbocycles. The molecule has 0 fully saturated rings. The Bertz CT molecular complexity index is 668. The van der Waals surface area contributed by atoms with E-state index in [-0.39, 0.29) is 11.8 Å². The van der Waals surface area contributed by atoms with E-state index in [9.17, 15) is 9.59 Å². The van der Waals surface area contributed by atoms with Crippen molar-refractivity contribution >= 4 is 11.8 Å². The van der Waals surface area contributed by atoms with Crippen LogP contribution in [0.4, 0.5) is 0 Å². The number of unbranched alkanes of at least 4 members (excludes halogenated alkanes) is 24. The second kappa shape index (κ2) is 44.0. The first-order valence-electron chi connectivity index (χ1n) is 22.3. The average Bonchev–Trinajstić information content (AvgIpc) is 3.11. The highest BCUT2D eigenvalue weighted by Gasteiger charge is 2.03. The fourth-order valence-corrected chi connectivity index (χ4v) is 6.48. The van der Waals surface area contributed by atoms with E-state index >= 15 is 0 Å². The SMILES string of the molecule is CCCCCCCCCCCCCCCC(=O)NCCCN(C)C.CCCCCCCCCCCCCCCC(=O)NCCCN(CC)CC. The molecule has 0 aromatic heterocycles. The lowest BCUT2D eigenvalue weighted by molar-refractivity contribution is -0.122. The highest BCUT2D eigenvalue weighted by molar-refractivity contribution is 5.76. The smallest absolute Gasteiger partial charge is 0.219 e. The Labute approximate surface area is 314 Å². The minimum Gasteiger partial charge on any atom is -0.356 e. The molecule has 0 aliphatic heterocycles. The highest BCUT2D eigenvalue weighted by atomic mass is 16.2. The summed E-state index contributed by atoms with van der Waals surface area (Å²) in [5.74, 6) is 0.476. The Morgan fingerprint density at radius 2 is 0.660 bits per heavy atom. The standard InChI is InChI=1S/C23H48N2O.C21H44N2O/c1-4-7-8-9-10-11-12-13-14-15-16-17-18-20-23(26)24-21-19-22-25(5-2)6-3;1-4-5-6-7-8-9-10-11-12-13-14-15-16-18-21(24)22-19-17-20-23(2)3/h4-22H2,1-3H3,(H,24,26);4-20H2,1-3H3,(H,22,24). The third kappa shape index (κ3) is 44.9. The average molecular weight is 709 g/mol. The molecule has 6 nitrogen and oxygen atoms in total. The third-order valence-corrected chi connectivity index (χ3v) is 9.99. The normalized spacial score (nSPS) is 11.2. The maximum Gasteiger partial charge on any atom is 0.219 e. The van der Waals surface area contributed by atoms with Crippen LogP contribution in [0.3, 0.4) is 0 Å². The van der Waals surface area contributed by atoms with Crippen molar-refractivity contribution in [1.29, 1.82) is 0 Å². The number of nitrogens with one attached hydrogen (secondary N) is 2. The number of rotatable bonds is 38. The molecule has 0 spiro atoms. The van der Waals surface area contributed by atoms with Gasteiger partial charge in [0.05, 0.1) is 0 Å². The van der Waals surface area contributed by atoms with Crippen LogP contribution in [0.1, 0.15) is 220 Å². The first-order valence-corrected chi connectivity index (χ1v) is 22.3. The van der Waals surface area contributed by atoms with E-state index < -0.39 is 0 Å². The van der Waals surface area contributed by atoms with Gasteiger partial charge in [0.15, 0.2) is 0 Å². The van der Waals surface area contributed by atoms with E-state index in [0.717, 1.165) is 65.0 Å². The van der Waals surface area contributed by atoms with E-state index in [1.165, 1.54) is 154 Å². The van der Waals surface area contributed by atoms with Crippen LogP contribution in [0.25, 0.3) is 0 Å². The van der Waals surface area contributed by atoms with Crippen LogP contribution in [0, 0.1) is 0 Å². The molecule has 50 heavy (non-hydrogen) atoms. The summed E-state index contributed by atoms with van der Waals surface area (Å²) in [7, 11) is 4.13. The maximum absolute atomic E-state index is 11.8. The largest absolute Gasteiger partial charge is 0.356 e. The van der Waals surface area contributed by atoms with Crippen LogP contribution in [0.5, 0.6) is 0 Å². The number of amides is 2. The van der Waals surface area contributed by atoms with Crippen LogP contribution in [-0.4, -0.2) is 75.0 Å². The molecular formula is C44H92N4O2. The molecule has 2 amide bonds. The van der Waals surface area contributed by atoms with Crippen molar-refractivity contribution < 1.29 is 9.59 Å². The minimum atomic E-state index is 0.233. The van der Waals surface area contributed by atoms with Gasteiger partial charge in [-0.2, -0.15) is 0 Å². The van der Waals surface area contributed by atoms with Crippen LogP contribution < -0.4 is 10.6 Å². The van der Waals surface area contributed by atoms with Crippen LogP contribution in [0.15, 0.2) is 0 Å². The van der Waals surface area contributed by atoms with Crippen LogP contribution >= 0.6 is 0 Å². The summed E-state index contributed by atoms with van der Waals surface area (Å²) < 4.78 is 0. The summed E-state index contributed by atoms with van der Waals surface area (Å²) >= 11 is 0. The lowest BCUT2D eigenvalue weighted by Crippen LogP contribution is -2.29. The Kier molecular flexibility index (Phi) is 44.9. The molecule has 0 saturated carbocycles. The fraction of sp³-hybridized carbons (Fsp3) is 0.955. The first-order chi connectivity index (χ1) is 24.4. The molecule has 0 bridgehead atoms. The van der Waals surface area contributed by atoms with Gasteiger partial charge in [-0.05, 0) is 66.0 Å². The van der Waals surface area contributed by atoms with Gasteiger partial charge in [0.25, 0.3) is 0 Å². The van der Waals surface area contributed by atoms with Gasteiger partial charge in [-0.15, -0.1) is 0 Å². The van der Waals surface area contributed by atoms with Gasteiger partial charge >= 0.3 is 0 Å². The summed E-state index contributed by atoms with van der Waals surface area (Å²) in [5, 5.41) is 6.08. The maximum atomic E-state index is 11.8. The monoisotopic (exact) mass is 709 g/mol. The lowest BCUT2D eigenvalue weighted by atomic mass is 10.0. The summed E-state index contributed by atoms with van der Waals surface area (Å²) in [5.41, 5.74) is 0. The van der Waals surface area contributed by atoms with E-state index in [1.54, 1.807) is 0 Å². The van der Waals surface area contributed by atoms with Crippen molar-refractivity contribution in [3.63, 3.8) is 0 Å². The van der Waals surface area contributed by atoms with Crippen molar-refractivity contribution in [3.8, 4) is 0 Å². The van der Waals surface area contributed by atoms with Crippen LogP contribution in [-0.2, 0) is 9.59 Å². The van der Waals surface area contributed by atoms with Gasteiger partial charge in [0.1, 0.15) is 0 Å². The molecule has 0 rings (SSSR count). The molecule has 0 aromatic carbocycles. The Hall–Kier alpha value is -1.14. The predicted octanol–water partition coefficient (Wildman–Crippen LogP) is 11.9. The van der Waals surface area contributed by atoms with Crippen molar-refractivity contribution in [2.24, 2.45) is 0 Å². The molecule has 0 radical (unpaired) electrons. The fourth-order valence-electron chi connectivity index (χ4n) is 6.48. The Balaban J connectivity index is 0. The molecule has 6 heteroatoms. The number of hydrogen-bond acceptors (Lipinski definition) is 4. The van der Waals surface area contributed by atoms with Gasteiger partial charge < -0.3 is 20.4 Å². The van der Waals surface area contributed by atoms with Gasteiger partial charge in [-0.3, -0.25) is 9.59 Å². The van der Waals surface area contributed by atoms with Gasteiger partial charge in [-0.1, -0.05) is 182 Å². The van der Waals surface area contributed by atoms with E-state index in [0.29, 0.717) is 12.8 Å². The van der Waals surface area contributed by atoms with Crippen molar-refractivity contribution in [3.05, 3.63) is 0 Å². The quantitative estimate of drug-likeness (QED) is 0.0627. The first kappa shape index (κ1) is 51.0. The minimum absolute atomic E-state index is 0.233. The second-order valence-corrected chi connectivity index (χ2v) is 15.2. The van der Waals surface area contributed by atoms with E-state index in [1.807, 2.05) is 0 Å². The number of carbonyl (C=O) groups is 2. The lowest BCUT2D eigenvalue weighted by Gasteiger charge is -2.17. The van der Waals surface area contributed by atoms with Crippen LogP contribution in [0.2, 0.25) is 0 Å². The molecule has 2 N–H and O–H groups in total. The Morgan fingerprint density at radius 3 is 0.940 bits per heavy atom. The molecule has 0 aliphatic rings. The van der Waals surface area contributed by atoms with Crippen molar-refractivity contribution in [2.75, 3.05) is 53.4 Å². The van der Waals surface area contributed by atoms with Gasteiger partial charge in [0.2, 0.25) is 11.8 Å². The van der Waals surface area contributed by atoms with Crippen molar-refractivity contribution in [2.45, 2.75) is 220 Å². The van der Waals surface area contributed by atoms with Gasteiger partial charge in [-0.25, -0.2) is 0 Å². The zero-order chi connectivity index (χ0) is 37.2. The molecule has 0 unspecified atom stereocenters. The van der Waals surface area contributed by atoms with Crippen molar-refractivity contribution in [1.82, 2.24) is 20.4 Å². The zero-order valence-corrected chi connectivity index (χ0v) is 35.2.